The Morgan fingerprint density at radius 2 is 1.73 bits per heavy atom. The molecule has 0 radical (unpaired) electrons. The third-order valence-corrected chi connectivity index (χ3v) is 3.93. The number of hydrogen-bond acceptors (Lipinski definition) is 3. The van der Waals surface area contributed by atoms with Crippen LogP contribution in [0.25, 0.3) is 0 Å². The lowest BCUT2D eigenvalue weighted by atomic mass is 10.1. The summed E-state index contributed by atoms with van der Waals surface area (Å²) in [7, 11) is 0. The quantitative estimate of drug-likeness (QED) is 0.922. The van der Waals surface area contributed by atoms with Crippen LogP contribution in [0.4, 0.5) is 5.69 Å². The molecule has 0 aliphatic carbocycles. The topological polar surface area (TPSA) is 47.6 Å². The first kappa shape index (κ1) is 15.0. The van der Waals surface area contributed by atoms with Crippen LogP contribution in [0.3, 0.4) is 0 Å². The Bertz CT molecular complexity index is 698. The van der Waals surface area contributed by atoms with Gasteiger partial charge in [-0.2, -0.15) is 0 Å². The van der Waals surface area contributed by atoms with Gasteiger partial charge in [0, 0.05) is 21.8 Å². The van der Waals surface area contributed by atoms with Crippen molar-refractivity contribution in [2.24, 2.45) is 0 Å². The summed E-state index contributed by atoms with van der Waals surface area (Å²) in [6.07, 6.45) is 0.104. The molecule has 0 spiro atoms. The summed E-state index contributed by atoms with van der Waals surface area (Å²) in [6.45, 7) is 1.03. The first-order valence-corrected chi connectivity index (χ1v) is 7.51. The van der Waals surface area contributed by atoms with Gasteiger partial charge in [-0.25, -0.2) is 0 Å². The Labute approximate surface area is 137 Å². The van der Waals surface area contributed by atoms with Gasteiger partial charge in [-0.3, -0.25) is 4.79 Å². The van der Waals surface area contributed by atoms with Gasteiger partial charge in [0.15, 0.2) is 11.5 Å². The third kappa shape index (κ3) is 3.29. The second-order valence-corrected chi connectivity index (χ2v) is 5.60. The van der Waals surface area contributed by atoms with E-state index in [0.717, 1.165) is 0 Å². The first-order chi connectivity index (χ1) is 10.6. The maximum atomic E-state index is 12.2. The van der Waals surface area contributed by atoms with E-state index in [2.05, 4.69) is 5.32 Å². The molecule has 4 nitrogen and oxygen atoms in total. The normalized spacial score (nSPS) is 12.8. The molecule has 114 valence electrons. The van der Waals surface area contributed by atoms with Crippen LogP contribution in [0.2, 0.25) is 10.0 Å². The van der Waals surface area contributed by atoms with E-state index in [-0.39, 0.29) is 12.3 Å². The first-order valence-electron chi connectivity index (χ1n) is 6.76. The fourth-order valence-electron chi connectivity index (χ4n) is 2.19. The Balaban J connectivity index is 1.72. The highest BCUT2D eigenvalue weighted by Crippen LogP contribution is 2.32. The lowest BCUT2D eigenvalue weighted by Crippen LogP contribution is -2.17. The van der Waals surface area contributed by atoms with Crippen LogP contribution in [0.15, 0.2) is 36.4 Å². The molecule has 0 atom stereocenters. The van der Waals surface area contributed by atoms with Gasteiger partial charge >= 0.3 is 0 Å². The van der Waals surface area contributed by atoms with Crippen molar-refractivity contribution >= 4 is 34.8 Å². The van der Waals surface area contributed by atoms with Crippen LogP contribution >= 0.6 is 23.2 Å². The highest BCUT2D eigenvalue weighted by Gasteiger charge is 2.14. The maximum absolute atomic E-state index is 12.2. The predicted octanol–water partition coefficient (Wildman–Crippen LogP) is 3.95. The van der Waals surface area contributed by atoms with E-state index in [1.54, 1.807) is 36.4 Å². The third-order valence-electron chi connectivity index (χ3n) is 3.22. The van der Waals surface area contributed by atoms with E-state index in [9.17, 15) is 4.79 Å². The van der Waals surface area contributed by atoms with Crippen LogP contribution in [0, 0.1) is 0 Å². The molecule has 0 unspecified atom stereocenters. The molecule has 0 bridgehead atoms. The van der Waals surface area contributed by atoms with Crippen LogP contribution in [0.5, 0.6) is 11.5 Å². The summed E-state index contributed by atoms with van der Waals surface area (Å²) in [5, 5.41) is 3.76. The zero-order valence-electron chi connectivity index (χ0n) is 11.6. The minimum absolute atomic E-state index is 0.104. The number of carbonyl (C=O) groups is 1. The molecule has 0 saturated heterocycles. The van der Waals surface area contributed by atoms with Gasteiger partial charge in [-0.05, 0) is 29.8 Å². The summed E-state index contributed by atoms with van der Waals surface area (Å²) < 4.78 is 10.9. The SMILES string of the molecule is O=C(Cc1c(Cl)cccc1Cl)Nc1ccc2c(c1)OCCO2. The number of halogens is 2. The number of benzene rings is 2. The maximum Gasteiger partial charge on any atom is 0.228 e. The molecule has 0 fully saturated rings. The number of nitrogens with one attached hydrogen (secondary N) is 1. The van der Waals surface area contributed by atoms with Crippen molar-refractivity contribution in [1.82, 2.24) is 0 Å². The standard InChI is InChI=1S/C16H13Cl2NO3/c17-12-2-1-3-13(18)11(12)9-16(20)19-10-4-5-14-15(8-10)22-7-6-21-14/h1-5,8H,6-7,9H2,(H,19,20). The lowest BCUT2D eigenvalue weighted by molar-refractivity contribution is -0.115. The van der Waals surface area contributed by atoms with Gasteiger partial charge in [-0.1, -0.05) is 29.3 Å². The van der Waals surface area contributed by atoms with E-state index in [1.165, 1.54) is 0 Å². The van der Waals surface area contributed by atoms with Crippen molar-refractivity contribution in [2.75, 3.05) is 18.5 Å². The zero-order chi connectivity index (χ0) is 15.5. The Hall–Kier alpha value is -1.91. The molecule has 0 aromatic heterocycles. The molecule has 3 rings (SSSR count). The molecular formula is C16H13Cl2NO3. The Kier molecular flexibility index (Phi) is 4.41. The van der Waals surface area contributed by atoms with Gasteiger partial charge in [0.25, 0.3) is 0 Å². The fourth-order valence-corrected chi connectivity index (χ4v) is 2.72. The smallest absolute Gasteiger partial charge is 0.228 e. The van der Waals surface area contributed by atoms with Crippen molar-refractivity contribution in [3.8, 4) is 11.5 Å². The number of amides is 1. The van der Waals surface area contributed by atoms with Crippen molar-refractivity contribution in [2.45, 2.75) is 6.42 Å². The number of anilines is 1. The molecule has 1 N–H and O–H groups in total. The molecule has 1 amide bonds. The van der Waals surface area contributed by atoms with Crippen molar-refractivity contribution in [3.63, 3.8) is 0 Å². The summed E-state index contributed by atoms with van der Waals surface area (Å²) in [5.74, 6) is 1.10. The van der Waals surface area contributed by atoms with Gasteiger partial charge < -0.3 is 14.8 Å². The fraction of sp³-hybridized carbons (Fsp3) is 0.188. The van der Waals surface area contributed by atoms with Gasteiger partial charge in [0.2, 0.25) is 5.91 Å². The number of hydrogen-bond donors (Lipinski definition) is 1. The van der Waals surface area contributed by atoms with Crippen LogP contribution < -0.4 is 14.8 Å². The highest BCUT2D eigenvalue weighted by molar-refractivity contribution is 6.36. The minimum atomic E-state index is -0.202. The van der Waals surface area contributed by atoms with Gasteiger partial charge in [0.05, 0.1) is 6.42 Å². The van der Waals surface area contributed by atoms with Gasteiger partial charge in [-0.15, -0.1) is 0 Å². The minimum Gasteiger partial charge on any atom is -0.486 e. The van der Waals surface area contributed by atoms with Crippen molar-refractivity contribution < 1.29 is 14.3 Å². The molecule has 1 aliphatic rings. The average molecular weight is 338 g/mol. The zero-order valence-corrected chi connectivity index (χ0v) is 13.1. The number of carbonyl (C=O) groups excluding carboxylic acids is 1. The van der Waals surface area contributed by atoms with Crippen molar-refractivity contribution in [3.05, 3.63) is 52.0 Å². The van der Waals surface area contributed by atoms with Gasteiger partial charge in [0.1, 0.15) is 13.2 Å². The van der Waals surface area contributed by atoms with E-state index in [4.69, 9.17) is 32.7 Å². The number of ether oxygens (including phenoxy) is 2. The molecular weight excluding hydrogens is 325 g/mol. The van der Waals surface area contributed by atoms with E-state index < -0.39 is 0 Å². The highest BCUT2D eigenvalue weighted by atomic mass is 35.5. The molecule has 0 saturated carbocycles. The average Bonchev–Trinajstić information content (AvgIpc) is 2.51. The molecule has 1 heterocycles. The summed E-state index contributed by atoms with van der Waals surface area (Å²) in [6, 6.07) is 10.4. The summed E-state index contributed by atoms with van der Waals surface area (Å²) in [4.78, 5) is 12.2. The molecule has 2 aromatic rings. The Morgan fingerprint density at radius 1 is 1.05 bits per heavy atom. The van der Waals surface area contributed by atoms with E-state index in [1.807, 2.05) is 0 Å². The molecule has 1 aliphatic heterocycles. The van der Waals surface area contributed by atoms with Crippen LogP contribution in [-0.2, 0) is 11.2 Å². The second-order valence-electron chi connectivity index (χ2n) is 4.78. The lowest BCUT2D eigenvalue weighted by Gasteiger charge is -2.19. The number of rotatable bonds is 3. The summed E-state index contributed by atoms with van der Waals surface area (Å²) in [5.41, 5.74) is 1.25. The molecule has 22 heavy (non-hydrogen) atoms. The molecule has 6 heteroatoms. The van der Waals surface area contributed by atoms with E-state index >= 15 is 0 Å². The number of fused-ring (bicyclic) bond motifs is 1. The largest absolute Gasteiger partial charge is 0.486 e. The monoisotopic (exact) mass is 337 g/mol. The van der Waals surface area contributed by atoms with Crippen LogP contribution in [-0.4, -0.2) is 19.1 Å². The van der Waals surface area contributed by atoms with Crippen LogP contribution in [0.1, 0.15) is 5.56 Å². The van der Waals surface area contributed by atoms with E-state index in [0.29, 0.717) is 46.0 Å². The second kappa shape index (κ2) is 6.46. The Morgan fingerprint density at radius 3 is 2.45 bits per heavy atom. The van der Waals surface area contributed by atoms with Crippen molar-refractivity contribution in [1.29, 1.82) is 0 Å². The molecule has 2 aromatic carbocycles. The summed E-state index contributed by atoms with van der Waals surface area (Å²) >= 11 is 12.1. The predicted molar refractivity (Wildman–Crippen MR) is 86.2 cm³/mol.